The van der Waals surface area contributed by atoms with Gasteiger partial charge in [0.05, 0.1) is 4.21 Å². The monoisotopic (exact) mass is 306 g/mol. The zero-order valence-electron chi connectivity index (χ0n) is 6.50. The highest BCUT2D eigenvalue weighted by Crippen LogP contribution is 2.32. The number of thioether (sulfide) groups is 1. The molecule has 2 aromatic rings. The van der Waals surface area contributed by atoms with Gasteiger partial charge in [-0.2, -0.15) is 0 Å². The van der Waals surface area contributed by atoms with E-state index < -0.39 is 0 Å². The Bertz CT molecular complexity index is 406. The van der Waals surface area contributed by atoms with Crippen LogP contribution in [0, 0.1) is 3.57 Å². The van der Waals surface area contributed by atoms with Gasteiger partial charge in [-0.25, -0.2) is 0 Å². The first-order valence-electron chi connectivity index (χ1n) is 3.52. The van der Waals surface area contributed by atoms with E-state index in [9.17, 15) is 0 Å². The third kappa shape index (κ3) is 1.63. The summed E-state index contributed by atoms with van der Waals surface area (Å²) in [7, 11) is 0. The minimum absolute atomic E-state index is 1.31. The summed E-state index contributed by atoms with van der Waals surface area (Å²) in [5.41, 5.74) is 0. The second-order valence-corrected chi connectivity index (χ2v) is 5.89. The van der Waals surface area contributed by atoms with Gasteiger partial charge in [0, 0.05) is 8.27 Å². The molecule has 12 heavy (non-hydrogen) atoms. The van der Waals surface area contributed by atoms with Crippen LogP contribution in [0.4, 0.5) is 0 Å². The number of thiophene rings is 1. The molecule has 0 unspecified atom stereocenters. The number of hydrogen-bond acceptors (Lipinski definition) is 2. The predicted octanol–water partition coefficient (Wildman–Crippen LogP) is 4.23. The highest BCUT2D eigenvalue weighted by Gasteiger charge is 1.99. The molecule has 0 spiro atoms. The Labute approximate surface area is 93.5 Å². The summed E-state index contributed by atoms with van der Waals surface area (Å²) in [6, 6.07) is 8.84. The molecule has 0 saturated carbocycles. The maximum absolute atomic E-state index is 2.35. The molecule has 0 radical (unpaired) electrons. The van der Waals surface area contributed by atoms with Crippen LogP contribution in [-0.2, 0) is 0 Å². The number of hydrogen-bond donors (Lipinski definition) is 0. The van der Waals surface area contributed by atoms with Gasteiger partial charge in [0.2, 0.25) is 0 Å². The Balaban J connectivity index is 2.67. The average molecular weight is 306 g/mol. The summed E-state index contributed by atoms with van der Waals surface area (Å²) in [6.45, 7) is 0. The van der Waals surface area contributed by atoms with Crippen molar-refractivity contribution in [1.82, 2.24) is 0 Å². The molecule has 0 aliphatic carbocycles. The molecule has 0 atom stereocenters. The third-order valence-electron chi connectivity index (χ3n) is 1.66. The first-order chi connectivity index (χ1) is 5.79. The molecule has 62 valence electrons. The van der Waals surface area contributed by atoms with Crippen molar-refractivity contribution in [3.8, 4) is 0 Å². The number of halogens is 1. The second-order valence-electron chi connectivity index (χ2n) is 2.45. The molecule has 0 N–H and O–H groups in total. The van der Waals surface area contributed by atoms with E-state index in [2.05, 4.69) is 53.1 Å². The summed E-state index contributed by atoms with van der Waals surface area (Å²) >= 11 is 6.03. The van der Waals surface area contributed by atoms with Crippen LogP contribution >= 0.6 is 45.7 Å². The van der Waals surface area contributed by atoms with Gasteiger partial charge in [0.15, 0.2) is 0 Å². The van der Waals surface area contributed by atoms with E-state index in [-0.39, 0.29) is 0 Å². The number of benzene rings is 1. The fraction of sp³-hybridized carbons (Fsp3) is 0.111. The lowest BCUT2D eigenvalue weighted by atomic mass is 10.3. The van der Waals surface area contributed by atoms with Crippen LogP contribution in [0.1, 0.15) is 0 Å². The van der Waals surface area contributed by atoms with Crippen molar-refractivity contribution < 1.29 is 0 Å². The SMILES string of the molecule is CSc1cc2cc(I)ccc2s1. The largest absolute Gasteiger partial charge is 0.129 e. The van der Waals surface area contributed by atoms with Crippen LogP contribution in [0.3, 0.4) is 0 Å². The molecule has 1 aromatic carbocycles. The Hall–Kier alpha value is 0.260. The zero-order valence-corrected chi connectivity index (χ0v) is 10.3. The van der Waals surface area contributed by atoms with Crippen LogP contribution in [-0.4, -0.2) is 6.26 Å². The maximum atomic E-state index is 2.35. The minimum atomic E-state index is 1.31. The normalized spacial score (nSPS) is 10.8. The van der Waals surface area contributed by atoms with Crippen molar-refractivity contribution >= 4 is 55.8 Å². The van der Waals surface area contributed by atoms with Gasteiger partial charge in [-0.1, -0.05) is 0 Å². The lowest BCUT2D eigenvalue weighted by molar-refractivity contribution is 1.72. The molecule has 0 saturated heterocycles. The highest BCUT2D eigenvalue weighted by molar-refractivity contribution is 14.1. The van der Waals surface area contributed by atoms with E-state index in [0.717, 1.165) is 0 Å². The van der Waals surface area contributed by atoms with E-state index >= 15 is 0 Å². The van der Waals surface area contributed by atoms with E-state index in [1.807, 2.05) is 23.1 Å². The Kier molecular flexibility index (Phi) is 2.62. The summed E-state index contributed by atoms with van der Waals surface area (Å²) in [5.74, 6) is 0. The lowest BCUT2D eigenvalue weighted by Crippen LogP contribution is -1.66. The number of rotatable bonds is 1. The van der Waals surface area contributed by atoms with Crippen molar-refractivity contribution in [3.05, 3.63) is 27.8 Å². The van der Waals surface area contributed by atoms with Gasteiger partial charge in [0.1, 0.15) is 0 Å². The first-order valence-corrected chi connectivity index (χ1v) is 6.64. The fourth-order valence-electron chi connectivity index (χ4n) is 1.09. The molecule has 0 aliphatic heterocycles. The van der Waals surface area contributed by atoms with Gasteiger partial charge < -0.3 is 0 Å². The second kappa shape index (κ2) is 3.55. The molecule has 0 nitrogen and oxygen atoms in total. The lowest BCUT2D eigenvalue weighted by Gasteiger charge is -1.88. The molecule has 0 bridgehead atoms. The van der Waals surface area contributed by atoms with Crippen molar-refractivity contribution in [2.24, 2.45) is 0 Å². The topological polar surface area (TPSA) is 0 Å². The van der Waals surface area contributed by atoms with Crippen molar-refractivity contribution in [3.63, 3.8) is 0 Å². The average Bonchev–Trinajstić information content (AvgIpc) is 2.46. The molecule has 3 heteroatoms. The van der Waals surface area contributed by atoms with E-state index in [4.69, 9.17) is 0 Å². The number of fused-ring (bicyclic) bond motifs is 1. The Morgan fingerprint density at radius 2 is 2.17 bits per heavy atom. The van der Waals surface area contributed by atoms with Gasteiger partial charge >= 0.3 is 0 Å². The quantitative estimate of drug-likeness (QED) is 0.561. The molecule has 0 aliphatic rings. The van der Waals surface area contributed by atoms with Crippen LogP contribution in [0.15, 0.2) is 28.5 Å². The standard InChI is InChI=1S/C9H7IS2/c1-11-9-5-6-4-7(10)2-3-8(6)12-9/h2-5H,1H3. The summed E-state index contributed by atoms with van der Waals surface area (Å²) in [5, 5.41) is 1.37. The minimum Gasteiger partial charge on any atom is -0.129 e. The molecule has 0 fully saturated rings. The van der Waals surface area contributed by atoms with E-state index in [0.29, 0.717) is 0 Å². The summed E-state index contributed by atoms with van der Waals surface area (Å²) in [6.07, 6.45) is 2.12. The van der Waals surface area contributed by atoms with E-state index in [1.54, 1.807) is 0 Å². The molecular formula is C9H7IS2. The maximum Gasteiger partial charge on any atom is 0.0608 e. The van der Waals surface area contributed by atoms with Gasteiger partial charge in [0.25, 0.3) is 0 Å². The van der Waals surface area contributed by atoms with Crippen LogP contribution in [0.25, 0.3) is 10.1 Å². The molecule has 1 heterocycles. The van der Waals surface area contributed by atoms with Crippen molar-refractivity contribution in [2.45, 2.75) is 4.21 Å². The van der Waals surface area contributed by atoms with Crippen LogP contribution in [0.5, 0.6) is 0 Å². The highest BCUT2D eigenvalue weighted by atomic mass is 127. The molecular weight excluding hydrogens is 299 g/mol. The first kappa shape index (κ1) is 8.84. The molecule has 0 amide bonds. The van der Waals surface area contributed by atoms with Crippen molar-refractivity contribution in [1.29, 1.82) is 0 Å². The third-order valence-corrected chi connectivity index (χ3v) is 4.51. The Morgan fingerprint density at radius 1 is 1.33 bits per heavy atom. The predicted molar refractivity (Wildman–Crippen MR) is 66.3 cm³/mol. The smallest absolute Gasteiger partial charge is 0.0608 e. The van der Waals surface area contributed by atoms with Crippen LogP contribution in [0.2, 0.25) is 0 Å². The molecule has 2 rings (SSSR count). The summed E-state index contributed by atoms with van der Waals surface area (Å²) < 4.78 is 4.09. The van der Waals surface area contributed by atoms with Gasteiger partial charge in [-0.05, 0) is 58.5 Å². The van der Waals surface area contributed by atoms with Crippen LogP contribution < -0.4 is 0 Å². The summed E-state index contributed by atoms with van der Waals surface area (Å²) in [4.78, 5) is 0. The Morgan fingerprint density at radius 3 is 2.92 bits per heavy atom. The van der Waals surface area contributed by atoms with Gasteiger partial charge in [-0.3, -0.25) is 0 Å². The fourth-order valence-corrected chi connectivity index (χ4v) is 3.23. The van der Waals surface area contributed by atoms with E-state index in [1.165, 1.54) is 17.9 Å². The van der Waals surface area contributed by atoms with Crippen molar-refractivity contribution in [2.75, 3.05) is 6.26 Å². The zero-order chi connectivity index (χ0) is 8.55. The molecule has 1 aromatic heterocycles. The van der Waals surface area contributed by atoms with Gasteiger partial charge in [-0.15, -0.1) is 23.1 Å².